The molecule has 1 amide bonds. The summed E-state index contributed by atoms with van der Waals surface area (Å²) in [6, 6.07) is -0.116. The Bertz CT molecular complexity index is 372. The van der Waals surface area contributed by atoms with Crippen LogP contribution in [0.1, 0.15) is 39.5 Å². The Labute approximate surface area is 114 Å². The Morgan fingerprint density at radius 2 is 2.21 bits per heavy atom. The van der Waals surface area contributed by atoms with E-state index in [2.05, 4.69) is 12.2 Å². The van der Waals surface area contributed by atoms with Gasteiger partial charge in [-0.15, -0.1) is 0 Å². The van der Waals surface area contributed by atoms with E-state index in [1.165, 1.54) is 0 Å². The number of nitrogens with one attached hydrogen (secondary N) is 1. The lowest BCUT2D eigenvalue weighted by molar-refractivity contribution is -0.147. The minimum absolute atomic E-state index is 0.0862. The molecular weight excluding hydrogens is 244 g/mol. The molecule has 0 radical (unpaired) electrons. The number of aliphatic carboxylic acids is 1. The Balaban J connectivity index is 1.96. The maximum absolute atomic E-state index is 12.4. The molecule has 5 nitrogen and oxygen atoms in total. The quantitative estimate of drug-likeness (QED) is 0.804. The summed E-state index contributed by atoms with van der Waals surface area (Å²) in [6.45, 7) is 5.69. The monoisotopic (exact) mass is 268 g/mol. The molecule has 3 atom stereocenters. The summed E-state index contributed by atoms with van der Waals surface area (Å²) < 4.78 is 0. The van der Waals surface area contributed by atoms with E-state index in [-0.39, 0.29) is 11.9 Å². The minimum Gasteiger partial charge on any atom is -0.481 e. The molecule has 2 heterocycles. The molecule has 2 aliphatic heterocycles. The van der Waals surface area contributed by atoms with E-state index >= 15 is 0 Å². The third-order valence-corrected chi connectivity index (χ3v) is 4.69. The third-order valence-electron chi connectivity index (χ3n) is 4.69. The number of carboxylic acids is 1. The van der Waals surface area contributed by atoms with Crippen molar-refractivity contribution in [3.05, 3.63) is 0 Å². The first-order chi connectivity index (χ1) is 8.96. The van der Waals surface area contributed by atoms with Gasteiger partial charge in [-0.05, 0) is 38.6 Å². The lowest BCUT2D eigenvalue weighted by atomic mass is 9.89. The van der Waals surface area contributed by atoms with Crippen LogP contribution >= 0.6 is 0 Å². The summed E-state index contributed by atoms with van der Waals surface area (Å²) in [4.78, 5) is 25.4. The number of nitrogens with zero attached hydrogens (tertiary/aromatic N) is 1. The van der Waals surface area contributed by atoms with Crippen LogP contribution in [0.25, 0.3) is 0 Å². The van der Waals surface area contributed by atoms with Crippen LogP contribution in [0.2, 0.25) is 0 Å². The molecule has 0 aromatic carbocycles. The smallest absolute Gasteiger partial charge is 0.311 e. The Hall–Kier alpha value is -1.10. The second kappa shape index (κ2) is 5.49. The van der Waals surface area contributed by atoms with E-state index in [4.69, 9.17) is 0 Å². The number of rotatable bonds is 3. The number of likely N-dealkylation sites (tertiary alicyclic amines) is 1. The summed E-state index contributed by atoms with van der Waals surface area (Å²) in [7, 11) is 0. The van der Waals surface area contributed by atoms with Crippen molar-refractivity contribution in [1.29, 1.82) is 0 Å². The van der Waals surface area contributed by atoms with Gasteiger partial charge in [-0.3, -0.25) is 9.59 Å². The fourth-order valence-corrected chi connectivity index (χ4v) is 3.10. The topological polar surface area (TPSA) is 69.6 Å². The van der Waals surface area contributed by atoms with Crippen LogP contribution in [0.5, 0.6) is 0 Å². The first kappa shape index (κ1) is 14.3. The van der Waals surface area contributed by atoms with Gasteiger partial charge in [-0.1, -0.05) is 13.3 Å². The highest BCUT2D eigenvalue weighted by atomic mass is 16.4. The van der Waals surface area contributed by atoms with Gasteiger partial charge in [0.05, 0.1) is 11.5 Å². The Morgan fingerprint density at radius 3 is 2.79 bits per heavy atom. The van der Waals surface area contributed by atoms with Crippen molar-refractivity contribution < 1.29 is 14.7 Å². The minimum atomic E-state index is -0.800. The summed E-state index contributed by atoms with van der Waals surface area (Å²) in [5, 5.41) is 12.5. The highest BCUT2D eigenvalue weighted by molar-refractivity contribution is 5.84. The number of carbonyl (C=O) groups excluding carboxylic acids is 1. The summed E-state index contributed by atoms with van der Waals surface area (Å²) in [5.41, 5.74) is -0.769. The van der Waals surface area contributed by atoms with Crippen molar-refractivity contribution >= 4 is 11.9 Å². The predicted molar refractivity (Wildman–Crippen MR) is 71.7 cm³/mol. The molecule has 2 N–H and O–H groups in total. The number of amides is 1. The SMILES string of the molecule is CCC1CCNC(C(=O)N2CCC(C)(C(=O)O)C2)C1. The van der Waals surface area contributed by atoms with E-state index in [0.29, 0.717) is 25.4 Å². The predicted octanol–water partition coefficient (Wildman–Crippen LogP) is 1.09. The van der Waals surface area contributed by atoms with Gasteiger partial charge in [0.15, 0.2) is 0 Å². The zero-order valence-corrected chi connectivity index (χ0v) is 11.8. The fourth-order valence-electron chi connectivity index (χ4n) is 3.10. The Morgan fingerprint density at radius 1 is 1.47 bits per heavy atom. The number of hydrogen-bond acceptors (Lipinski definition) is 3. The van der Waals surface area contributed by atoms with E-state index in [1.54, 1.807) is 11.8 Å². The molecule has 5 heteroatoms. The van der Waals surface area contributed by atoms with Gasteiger partial charge in [0.25, 0.3) is 0 Å². The van der Waals surface area contributed by atoms with Crippen molar-refractivity contribution in [2.45, 2.75) is 45.6 Å². The van der Waals surface area contributed by atoms with Crippen LogP contribution < -0.4 is 5.32 Å². The number of piperidine rings is 1. The lowest BCUT2D eigenvalue weighted by Gasteiger charge is -2.32. The van der Waals surface area contributed by atoms with Crippen molar-refractivity contribution in [2.24, 2.45) is 11.3 Å². The van der Waals surface area contributed by atoms with Crippen LogP contribution in [0, 0.1) is 11.3 Å². The number of hydrogen-bond donors (Lipinski definition) is 2. The van der Waals surface area contributed by atoms with E-state index < -0.39 is 11.4 Å². The molecular formula is C14H24N2O3. The molecule has 2 rings (SSSR count). The molecule has 0 aliphatic carbocycles. The largest absolute Gasteiger partial charge is 0.481 e. The van der Waals surface area contributed by atoms with Gasteiger partial charge in [-0.25, -0.2) is 0 Å². The van der Waals surface area contributed by atoms with Gasteiger partial charge in [0, 0.05) is 13.1 Å². The number of carbonyl (C=O) groups is 2. The molecule has 19 heavy (non-hydrogen) atoms. The summed E-state index contributed by atoms with van der Waals surface area (Å²) in [5.74, 6) is -0.0994. The van der Waals surface area contributed by atoms with E-state index in [9.17, 15) is 14.7 Å². The normalized spacial score (nSPS) is 35.4. The van der Waals surface area contributed by atoms with Gasteiger partial charge in [0.2, 0.25) is 5.91 Å². The van der Waals surface area contributed by atoms with Crippen molar-refractivity contribution in [3.8, 4) is 0 Å². The Kier molecular flexibility index (Phi) is 4.13. The van der Waals surface area contributed by atoms with Crippen LogP contribution in [-0.4, -0.2) is 47.6 Å². The second-order valence-electron chi connectivity index (χ2n) is 6.18. The van der Waals surface area contributed by atoms with Gasteiger partial charge >= 0.3 is 5.97 Å². The van der Waals surface area contributed by atoms with Gasteiger partial charge < -0.3 is 15.3 Å². The zero-order chi connectivity index (χ0) is 14.0. The third kappa shape index (κ3) is 2.91. The van der Waals surface area contributed by atoms with Crippen LogP contribution in [0.3, 0.4) is 0 Å². The first-order valence-electron chi connectivity index (χ1n) is 7.22. The molecule has 3 unspecified atom stereocenters. The molecule has 0 aromatic rings. The summed E-state index contributed by atoms with van der Waals surface area (Å²) >= 11 is 0. The molecule has 0 saturated carbocycles. The van der Waals surface area contributed by atoms with Crippen LogP contribution in [0.4, 0.5) is 0 Å². The molecule has 0 bridgehead atoms. The molecule has 2 fully saturated rings. The zero-order valence-electron chi connectivity index (χ0n) is 11.8. The highest BCUT2D eigenvalue weighted by Crippen LogP contribution is 2.31. The fraction of sp³-hybridized carbons (Fsp3) is 0.857. The van der Waals surface area contributed by atoms with Crippen molar-refractivity contribution in [3.63, 3.8) is 0 Å². The maximum Gasteiger partial charge on any atom is 0.311 e. The van der Waals surface area contributed by atoms with Crippen molar-refractivity contribution in [1.82, 2.24) is 10.2 Å². The van der Waals surface area contributed by atoms with E-state index in [1.807, 2.05) is 0 Å². The first-order valence-corrected chi connectivity index (χ1v) is 7.22. The van der Waals surface area contributed by atoms with E-state index in [0.717, 1.165) is 25.8 Å². The molecule has 2 aliphatic rings. The highest BCUT2D eigenvalue weighted by Gasteiger charge is 2.43. The van der Waals surface area contributed by atoms with Crippen LogP contribution in [-0.2, 0) is 9.59 Å². The summed E-state index contributed by atoms with van der Waals surface area (Å²) in [6.07, 6.45) is 3.68. The molecule has 108 valence electrons. The molecule has 2 saturated heterocycles. The number of carboxylic acid groups (broad SMARTS) is 1. The van der Waals surface area contributed by atoms with Gasteiger partial charge in [-0.2, -0.15) is 0 Å². The maximum atomic E-state index is 12.4. The molecule has 0 spiro atoms. The average Bonchev–Trinajstić information content (AvgIpc) is 2.82. The molecule has 0 aromatic heterocycles. The lowest BCUT2D eigenvalue weighted by Crippen LogP contribution is -2.50. The van der Waals surface area contributed by atoms with Crippen molar-refractivity contribution in [2.75, 3.05) is 19.6 Å². The van der Waals surface area contributed by atoms with Crippen LogP contribution in [0.15, 0.2) is 0 Å². The second-order valence-corrected chi connectivity index (χ2v) is 6.18. The standard InChI is InChI=1S/C14H24N2O3/c1-3-10-4-6-15-11(8-10)12(17)16-7-5-14(2,9-16)13(18)19/h10-11,15H,3-9H2,1-2H3,(H,18,19). The average molecular weight is 268 g/mol. The van der Waals surface area contributed by atoms with Gasteiger partial charge in [0.1, 0.15) is 0 Å².